The van der Waals surface area contributed by atoms with Crippen LogP contribution < -0.4 is 0 Å². The Balaban J connectivity index is 2.06. The maximum Gasteiger partial charge on any atom is 0.192 e. The van der Waals surface area contributed by atoms with Gasteiger partial charge in [0.05, 0.1) is 13.2 Å². The number of carbonyl (C=O) groups excluding carboxylic acids is 1. The summed E-state index contributed by atoms with van der Waals surface area (Å²) in [7, 11) is -0.322. The van der Waals surface area contributed by atoms with Gasteiger partial charge in [0.25, 0.3) is 0 Å². The predicted octanol–water partition coefficient (Wildman–Crippen LogP) is 4.21. The first kappa shape index (κ1) is 18.1. The summed E-state index contributed by atoms with van der Waals surface area (Å²) in [6, 6.07) is 0. The van der Waals surface area contributed by atoms with Gasteiger partial charge in [0, 0.05) is 11.8 Å². The second-order valence-electron chi connectivity index (χ2n) is 9.46. The molecule has 24 heavy (non-hydrogen) atoms. The lowest BCUT2D eigenvalue weighted by atomic mass is 9.64. The van der Waals surface area contributed by atoms with Gasteiger partial charge in [-0.05, 0) is 43.5 Å². The van der Waals surface area contributed by atoms with Crippen LogP contribution in [0.3, 0.4) is 0 Å². The average Bonchev–Trinajstić information content (AvgIpc) is 2.74. The molecule has 0 radical (unpaired) electrons. The van der Waals surface area contributed by atoms with Crippen LogP contribution in [-0.4, -0.2) is 39.0 Å². The Morgan fingerprint density at radius 3 is 2.58 bits per heavy atom. The molecular formula is C19H32O4Si. The van der Waals surface area contributed by atoms with Crippen molar-refractivity contribution >= 4 is 14.1 Å². The number of carbonyl (C=O) groups is 1. The summed E-state index contributed by atoms with van der Waals surface area (Å²) in [6.45, 7) is 13.4. The number of hydrogen-bond donors (Lipinski definition) is 0. The van der Waals surface area contributed by atoms with E-state index in [4.69, 9.17) is 13.9 Å². The standard InChI is InChI=1S/C19H32O4Si/c1-17(2,3)24(6,7)23-16-11-13(20)14-12-18(4)10-8-9-15(21-5)19(16,18)22-14/h9,14,16H,8,10-12H2,1-7H3/t14-,16+,18+,19-/m1/s1. The van der Waals surface area contributed by atoms with Crippen molar-refractivity contribution < 1.29 is 18.7 Å². The van der Waals surface area contributed by atoms with Gasteiger partial charge in [-0.15, -0.1) is 0 Å². The minimum atomic E-state index is -2.03. The van der Waals surface area contributed by atoms with Gasteiger partial charge in [-0.2, -0.15) is 0 Å². The number of fused-ring (bicyclic) bond motifs is 1. The molecule has 0 N–H and O–H groups in total. The average molecular weight is 353 g/mol. The summed E-state index contributed by atoms with van der Waals surface area (Å²) < 4.78 is 19.0. The molecule has 2 bridgehead atoms. The van der Waals surface area contributed by atoms with E-state index >= 15 is 0 Å². The summed E-state index contributed by atoms with van der Waals surface area (Å²) in [5.74, 6) is 1.06. The SMILES string of the molecule is COC1=CCC[C@@]2(C)C[C@H]3O[C@@]12[C@@H](O[Si](C)(C)C(C)(C)C)CC3=O. The monoisotopic (exact) mass is 352 g/mol. The smallest absolute Gasteiger partial charge is 0.192 e. The van der Waals surface area contributed by atoms with Gasteiger partial charge in [0.1, 0.15) is 11.9 Å². The summed E-state index contributed by atoms with van der Waals surface area (Å²) in [5.41, 5.74) is -0.703. The molecule has 0 aromatic carbocycles. The third-order valence-electron chi connectivity index (χ3n) is 6.91. The van der Waals surface area contributed by atoms with Crippen LogP contribution in [0.2, 0.25) is 18.1 Å². The molecule has 0 amide bonds. The number of ketones is 1. The van der Waals surface area contributed by atoms with Crippen molar-refractivity contribution in [2.75, 3.05) is 7.11 Å². The van der Waals surface area contributed by atoms with Crippen LogP contribution in [0, 0.1) is 5.41 Å². The Labute approximate surface area is 147 Å². The summed E-state index contributed by atoms with van der Waals surface area (Å²) in [6.07, 6.45) is 4.80. The predicted molar refractivity (Wildman–Crippen MR) is 96.3 cm³/mol. The van der Waals surface area contributed by atoms with Gasteiger partial charge < -0.3 is 13.9 Å². The zero-order chi connectivity index (χ0) is 18.0. The lowest BCUT2D eigenvalue weighted by molar-refractivity contribution is -0.183. The molecule has 2 saturated heterocycles. The zero-order valence-electron chi connectivity index (χ0n) is 16.2. The Hall–Kier alpha value is -0.653. The molecule has 136 valence electrons. The third kappa shape index (κ3) is 2.35. The van der Waals surface area contributed by atoms with Gasteiger partial charge in [-0.25, -0.2) is 0 Å². The Morgan fingerprint density at radius 2 is 2.00 bits per heavy atom. The summed E-state index contributed by atoms with van der Waals surface area (Å²) in [4.78, 5) is 12.6. The number of methoxy groups -OCH3 is 1. The van der Waals surface area contributed by atoms with Crippen molar-refractivity contribution in [2.45, 2.75) is 89.3 Å². The first-order valence-electron chi connectivity index (χ1n) is 9.10. The van der Waals surface area contributed by atoms with Crippen LogP contribution in [0.25, 0.3) is 0 Å². The molecule has 5 heteroatoms. The van der Waals surface area contributed by atoms with E-state index in [1.807, 2.05) is 0 Å². The molecule has 3 aliphatic rings. The normalized spacial score (nSPS) is 39.5. The van der Waals surface area contributed by atoms with Gasteiger partial charge in [0.2, 0.25) is 0 Å². The molecule has 3 rings (SSSR count). The fraction of sp³-hybridized carbons (Fsp3) is 0.842. The van der Waals surface area contributed by atoms with E-state index in [1.54, 1.807) is 7.11 Å². The van der Waals surface area contributed by atoms with Crippen LogP contribution in [0.4, 0.5) is 0 Å². The first-order chi connectivity index (χ1) is 11.0. The summed E-state index contributed by atoms with van der Waals surface area (Å²) >= 11 is 0. The van der Waals surface area contributed by atoms with Crippen molar-refractivity contribution in [1.29, 1.82) is 0 Å². The fourth-order valence-electron chi connectivity index (χ4n) is 4.44. The quantitative estimate of drug-likeness (QED) is 0.714. The fourth-order valence-corrected chi connectivity index (χ4v) is 5.75. The maximum atomic E-state index is 12.6. The molecule has 2 aliphatic heterocycles. The van der Waals surface area contributed by atoms with E-state index in [2.05, 4.69) is 46.9 Å². The number of hydrogen-bond acceptors (Lipinski definition) is 4. The van der Waals surface area contributed by atoms with Crippen molar-refractivity contribution in [2.24, 2.45) is 5.41 Å². The van der Waals surface area contributed by atoms with E-state index in [1.165, 1.54) is 0 Å². The molecule has 0 aromatic rings. The van der Waals surface area contributed by atoms with Gasteiger partial charge >= 0.3 is 0 Å². The highest BCUT2D eigenvalue weighted by Gasteiger charge is 2.69. The zero-order valence-corrected chi connectivity index (χ0v) is 17.2. The lowest BCUT2D eigenvalue weighted by Crippen LogP contribution is -2.62. The molecule has 0 aromatic heterocycles. The molecule has 4 atom stereocenters. The maximum absolute atomic E-state index is 12.6. The second kappa shape index (κ2) is 5.42. The molecule has 0 unspecified atom stereocenters. The van der Waals surface area contributed by atoms with E-state index in [9.17, 15) is 4.79 Å². The number of ether oxygens (including phenoxy) is 2. The van der Waals surface area contributed by atoms with Crippen molar-refractivity contribution in [3.63, 3.8) is 0 Å². The van der Waals surface area contributed by atoms with E-state index in [-0.39, 0.29) is 28.4 Å². The van der Waals surface area contributed by atoms with Crippen LogP contribution in [0.1, 0.15) is 53.4 Å². The Kier molecular flexibility index (Phi) is 4.10. The molecule has 2 heterocycles. The molecule has 2 fully saturated rings. The number of allylic oxidation sites excluding steroid dienone is 1. The van der Waals surface area contributed by atoms with Gasteiger partial charge in [-0.1, -0.05) is 27.7 Å². The molecule has 0 saturated carbocycles. The second-order valence-corrected chi connectivity index (χ2v) is 14.2. The van der Waals surface area contributed by atoms with Crippen LogP contribution in [0.15, 0.2) is 11.8 Å². The van der Waals surface area contributed by atoms with E-state index < -0.39 is 13.9 Å². The van der Waals surface area contributed by atoms with Gasteiger partial charge in [-0.3, -0.25) is 4.79 Å². The number of rotatable bonds is 3. The highest BCUT2D eigenvalue weighted by molar-refractivity contribution is 6.74. The van der Waals surface area contributed by atoms with E-state index in [0.29, 0.717) is 6.42 Å². The Bertz CT molecular complexity index is 576. The Morgan fingerprint density at radius 1 is 1.33 bits per heavy atom. The molecular weight excluding hydrogens is 320 g/mol. The minimum Gasteiger partial charge on any atom is -0.498 e. The van der Waals surface area contributed by atoms with Crippen LogP contribution >= 0.6 is 0 Å². The van der Waals surface area contributed by atoms with Crippen molar-refractivity contribution in [3.8, 4) is 0 Å². The van der Waals surface area contributed by atoms with Crippen molar-refractivity contribution in [3.05, 3.63) is 11.8 Å². The number of Topliss-reactive ketones (excluding diaryl/α,β-unsaturated/α-hetero) is 1. The first-order valence-corrected chi connectivity index (χ1v) is 12.0. The molecule has 1 spiro atoms. The highest BCUT2D eigenvalue weighted by atomic mass is 28.4. The lowest BCUT2D eigenvalue weighted by Gasteiger charge is -2.53. The van der Waals surface area contributed by atoms with Gasteiger partial charge in [0.15, 0.2) is 19.7 Å². The van der Waals surface area contributed by atoms with E-state index in [0.717, 1.165) is 25.0 Å². The minimum absolute atomic E-state index is 0.0875. The highest BCUT2D eigenvalue weighted by Crippen LogP contribution is 2.61. The molecule has 4 nitrogen and oxygen atoms in total. The summed E-state index contributed by atoms with van der Waals surface area (Å²) in [5, 5.41) is 0.0875. The molecule has 1 aliphatic carbocycles. The van der Waals surface area contributed by atoms with Crippen molar-refractivity contribution in [1.82, 2.24) is 0 Å². The topological polar surface area (TPSA) is 44.8 Å². The van der Waals surface area contributed by atoms with Crippen LogP contribution in [0.5, 0.6) is 0 Å². The van der Waals surface area contributed by atoms with Crippen LogP contribution in [-0.2, 0) is 18.7 Å². The third-order valence-corrected chi connectivity index (χ3v) is 11.4. The largest absolute Gasteiger partial charge is 0.498 e.